The number of hydrogen-bond donors (Lipinski definition) is 1. The van der Waals surface area contributed by atoms with Crippen molar-refractivity contribution < 1.29 is 0 Å². The molecule has 0 amide bonds. The molecule has 33 heavy (non-hydrogen) atoms. The van der Waals surface area contributed by atoms with Gasteiger partial charge in [0.1, 0.15) is 5.84 Å². The zero-order chi connectivity index (χ0) is 24.6. The molecule has 0 aliphatic heterocycles. The van der Waals surface area contributed by atoms with Crippen molar-refractivity contribution in [3.63, 3.8) is 0 Å². The molecule has 0 spiro atoms. The minimum absolute atomic E-state index is 0.799. The van der Waals surface area contributed by atoms with Gasteiger partial charge in [-0.2, -0.15) is 0 Å². The number of aliphatic imine (C=N–C) groups is 2. The zero-order valence-electron chi connectivity index (χ0n) is 21.8. The van der Waals surface area contributed by atoms with Gasteiger partial charge in [-0.15, -0.1) is 0 Å². The summed E-state index contributed by atoms with van der Waals surface area (Å²) in [6.07, 6.45) is 5.22. The quantitative estimate of drug-likeness (QED) is 0.171. The number of benzene rings is 2. The van der Waals surface area contributed by atoms with E-state index in [1.165, 1.54) is 27.8 Å². The third-order valence-electron chi connectivity index (χ3n) is 5.08. The highest BCUT2D eigenvalue weighted by molar-refractivity contribution is 6.01. The first-order valence-electron chi connectivity index (χ1n) is 12.2. The van der Waals surface area contributed by atoms with Crippen molar-refractivity contribution in [3.8, 4) is 11.1 Å². The average Bonchev–Trinajstić information content (AvgIpc) is 2.84. The molecular weight excluding hydrogens is 402 g/mol. The lowest BCUT2D eigenvalue weighted by Gasteiger charge is -2.14. The fourth-order valence-corrected chi connectivity index (χ4v) is 3.29. The molecule has 0 radical (unpaired) electrons. The summed E-state index contributed by atoms with van der Waals surface area (Å²) in [6, 6.07) is 17.6. The second-order valence-electron chi connectivity index (χ2n) is 8.20. The first-order chi connectivity index (χ1) is 15.9. The number of amidine groups is 1. The number of rotatable bonds is 10. The number of nitrogens with zero attached hydrogens (tertiary/aromatic N) is 2. The molecule has 1 N–H and O–H groups in total. The molecule has 0 aliphatic carbocycles. The molecule has 0 fully saturated rings. The summed E-state index contributed by atoms with van der Waals surface area (Å²) >= 11 is 0. The van der Waals surface area contributed by atoms with Gasteiger partial charge in [-0.3, -0.25) is 9.98 Å². The lowest BCUT2D eigenvalue weighted by molar-refractivity contribution is 0.768. The predicted octanol–water partition coefficient (Wildman–Crippen LogP) is 7.96. The minimum atomic E-state index is 0.799. The highest BCUT2D eigenvalue weighted by atomic mass is 15.0. The Labute approximate surface area is 202 Å². The van der Waals surface area contributed by atoms with E-state index in [4.69, 9.17) is 4.99 Å². The van der Waals surface area contributed by atoms with Crippen molar-refractivity contribution >= 4 is 12.6 Å². The van der Waals surface area contributed by atoms with Gasteiger partial charge >= 0.3 is 0 Å². The molecular formula is C30H43N3. The molecule has 3 nitrogen and oxygen atoms in total. The van der Waals surface area contributed by atoms with Gasteiger partial charge in [-0.25, -0.2) is 0 Å². The first-order valence-corrected chi connectivity index (χ1v) is 12.2. The molecule has 0 saturated heterocycles. The van der Waals surface area contributed by atoms with Crippen LogP contribution >= 0.6 is 0 Å². The van der Waals surface area contributed by atoms with Crippen LogP contribution in [0.5, 0.6) is 0 Å². The lowest BCUT2D eigenvalue weighted by Crippen LogP contribution is -2.27. The molecule has 0 bridgehead atoms. The van der Waals surface area contributed by atoms with Crippen molar-refractivity contribution in [2.24, 2.45) is 9.98 Å². The van der Waals surface area contributed by atoms with Crippen molar-refractivity contribution in [3.05, 3.63) is 82.6 Å². The number of aryl methyl sites for hydroxylation is 2. The standard InChI is InChI=1S/C28H37N3.C2H6/c1-7-18-30-28(27(20-21(2)3)23(5)29-6)31-19-8-9-24-12-16-26(17-13-24)25-14-10-22(4)11-15-25;1-2/h10-17,20H,6-9,18-19H2,1-5H3,(H,30,31);1-2H3/b27-23-;. The Bertz CT molecular complexity index is 926. The summed E-state index contributed by atoms with van der Waals surface area (Å²) in [5.74, 6) is 0.919. The van der Waals surface area contributed by atoms with Gasteiger partial charge < -0.3 is 5.32 Å². The zero-order valence-corrected chi connectivity index (χ0v) is 21.8. The Morgan fingerprint density at radius 3 is 2.03 bits per heavy atom. The molecule has 0 heterocycles. The molecule has 2 aromatic rings. The smallest absolute Gasteiger partial charge is 0.130 e. The molecule has 178 valence electrons. The highest BCUT2D eigenvalue weighted by Gasteiger charge is 2.08. The number of hydrogen-bond acceptors (Lipinski definition) is 2. The van der Waals surface area contributed by atoms with Crippen molar-refractivity contribution in [1.29, 1.82) is 0 Å². The largest absolute Gasteiger partial charge is 0.370 e. The third kappa shape index (κ3) is 10.0. The van der Waals surface area contributed by atoms with E-state index >= 15 is 0 Å². The summed E-state index contributed by atoms with van der Waals surface area (Å²) in [4.78, 5) is 8.92. The SMILES string of the molecule is C=N/C(C)=C(/C=C(C)C)C(=NCCC)NCCCc1ccc(-c2ccc(C)cc2)cc1.CC. The maximum Gasteiger partial charge on any atom is 0.130 e. The van der Waals surface area contributed by atoms with Crippen LogP contribution in [0, 0.1) is 6.92 Å². The van der Waals surface area contributed by atoms with Crippen LogP contribution < -0.4 is 5.32 Å². The maximum atomic E-state index is 4.78. The van der Waals surface area contributed by atoms with Crippen molar-refractivity contribution in [2.45, 2.75) is 67.7 Å². The van der Waals surface area contributed by atoms with Crippen LogP contribution in [0.25, 0.3) is 11.1 Å². The molecule has 2 aromatic carbocycles. The summed E-state index contributed by atoms with van der Waals surface area (Å²) in [5, 5.41) is 3.55. The fourth-order valence-electron chi connectivity index (χ4n) is 3.29. The summed E-state index contributed by atoms with van der Waals surface area (Å²) in [7, 11) is 0. The molecule has 0 unspecified atom stereocenters. The van der Waals surface area contributed by atoms with Gasteiger partial charge in [0.2, 0.25) is 0 Å². The van der Waals surface area contributed by atoms with Gasteiger partial charge in [0.05, 0.1) is 0 Å². The molecule has 0 aliphatic rings. The van der Waals surface area contributed by atoms with E-state index in [9.17, 15) is 0 Å². The molecule has 0 aromatic heterocycles. The van der Waals surface area contributed by atoms with E-state index in [0.717, 1.165) is 49.5 Å². The second kappa shape index (κ2) is 15.8. The second-order valence-corrected chi connectivity index (χ2v) is 8.20. The van der Waals surface area contributed by atoms with Crippen LogP contribution in [0.2, 0.25) is 0 Å². The average molecular weight is 446 g/mol. The van der Waals surface area contributed by atoms with Gasteiger partial charge in [-0.05, 0) is 70.4 Å². The van der Waals surface area contributed by atoms with Gasteiger partial charge in [-0.1, -0.05) is 86.5 Å². The molecule has 3 heteroatoms. The van der Waals surface area contributed by atoms with Crippen LogP contribution in [-0.4, -0.2) is 25.6 Å². The normalized spacial score (nSPS) is 11.7. The fraction of sp³-hybridized carbons (Fsp3) is 0.400. The topological polar surface area (TPSA) is 36.8 Å². The van der Waals surface area contributed by atoms with Gasteiger partial charge in [0.25, 0.3) is 0 Å². The lowest BCUT2D eigenvalue weighted by atomic mass is 10.0. The van der Waals surface area contributed by atoms with Gasteiger partial charge in [0.15, 0.2) is 0 Å². The van der Waals surface area contributed by atoms with Crippen molar-refractivity contribution in [2.75, 3.05) is 13.1 Å². The summed E-state index contributed by atoms with van der Waals surface area (Å²) in [6.45, 7) is 19.8. The Balaban J connectivity index is 0.00000265. The van der Waals surface area contributed by atoms with E-state index in [0.29, 0.717) is 0 Å². The molecule has 0 saturated carbocycles. The summed E-state index contributed by atoms with van der Waals surface area (Å²) < 4.78 is 0. The van der Waals surface area contributed by atoms with Crippen LogP contribution in [-0.2, 0) is 6.42 Å². The Morgan fingerprint density at radius 1 is 0.939 bits per heavy atom. The Morgan fingerprint density at radius 2 is 1.52 bits per heavy atom. The Kier molecular flexibility index (Phi) is 13.4. The summed E-state index contributed by atoms with van der Waals surface area (Å²) in [5.41, 5.74) is 8.32. The third-order valence-corrected chi connectivity index (χ3v) is 5.08. The monoisotopic (exact) mass is 445 g/mol. The number of allylic oxidation sites excluding steroid dienone is 2. The van der Waals surface area contributed by atoms with E-state index in [2.05, 4.69) is 99.3 Å². The van der Waals surface area contributed by atoms with Crippen LogP contribution in [0.15, 0.2) is 81.4 Å². The van der Waals surface area contributed by atoms with E-state index in [1.54, 1.807) is 0 Å². The molecule has 0 atom stereocenters. The van der Waals surface area contributed by atoms with Crippen molar-refractivity contribution in [1.82, 2.24) is 5.32 Å². The maximum absolute atomic E-state index is 4.78. The molecule has 2 rings (SSSR count). The first kappa shape index (κ1) is 28.1. The minimum Gasteiger partial charge on any atom is -0.370 e. The van der Waals surface area contributed by atoms with E-state index in [1.807, 2.05) is 20.8 Å². The highest BCUT2D eigenvalue weighted by Crippen LogP contribution is 2.20. The van der Waals surface area contributed by atoms with E-state index in [-0.39, 0.29) is 0 Å². The van der Waals surface area contributed by atoms with Crippen LogP contribution in [0.3, 0.4) is 0 Å². The van der Waals surface area contributed by atoms with Crippen LogP contribution in [0.4, 0.5) is 0 Å². The van der Waals surface area contributed by atoms with Crippen LogP contribution in [0.1, 0.15) is 65.5 Å². The van der Waals surface area contributed by atoms with E-state index < -0.39 is 0 Å². The van der Waals surface area contributed by atoms with Gasteiger partial charge in [0, 0.05) is 24.4 Å². The predicted molar refractivity (Wildman–Crippen MR) is 149 cm³/mol. The number of nitrogens with one attached hydrogen (secondary N) is 1. The Hall–Kier alpha value is -2.94.